The Kier molecular flexibility index (Phi) is 4.21. The molecule has 0 amide bonds. The molecule has 3 nitrogen and oxygen atoms in total. The maximum atomic E-state index is 12.5. The van der Waals surface area contributed by atoms with E-state index >= 15 is 0 Å². The van der Waals surface area contributed by atoms with Gasteiger partial charge in [0, 0.05) is 51.7 Å². The van der Waals surface area contributed by atoms with Crippen LogP contribution in [0.2, 0.25) is 0 Å². The van der Waals surface area contributed by atoms with Gasteiger partial charge in [-0.2, -0.15) is 0 Å². The minimum atomic E-state index is 0.235. The number of thiophene rings is 1. The zero-order valence-electron chi connectivity index (χ0n) is 11.4. The first-order valence-corrected chi connectivity index (χ1v) is 8.41. The number of hydrogen-bond donors (Lipinski definition) is 0. The molecule has 1 fully saturated rings. The summed E-state index contributed by atoms with van der Waals surface area (Å²) >= 11 is 5.13. The van der Waals surface area contributed by atoms with Gasteiger partial charge in [0.1, 0.15) is 0 Å². The third-order valence-electron chi connectivity index (χ3n) is 3.80. The predicted octanol–water partition coefficient (Wildman–Crippen LogP) is 3.09. The molecule has 0 aliphatic carbocycles. The van der Waals surface area contributed by atoms with Crippen molar-refractivity contribution >= 4 is 43.1 Å². The lowest BCUT2D eigenvalue weighted by atomic mass is 10.1. The van der Waals surface area contributed by atoms with Crippen molar-refractivity contribution in [2.24, 2.45) is 0 Å². The van der Waals surface area contributed by atoms with Gasteiger partial charge in [0.25, 0.3) is 0 Å². The van der Waals surface area contributed by atoms with Gasteiger partial charge in [0.15, 0.2) is 5.78 Å². The van der Waals surface area contributed by atoms with E-state index in [1.807, 2.05) is 17.5 Å². The molecule has 1 aromatic carbocycles. The number of halogens is 1. The summed E-state index contributed by atoms with van der Waals surface area (Å²) in [4.78, 5) is 17.1. The van der Waals surface area contributed by atoms with Crippen LogP contribution < -0.4 is 0 Å². The minimum Gasteiger partial charge on any atom is -0.304 e. The first kappa shape index (κ1) is 14.2. The number of likely N-dealkylation sites (N-methyl/N-ethyl adjacent to an activating group) is 1. The van der Waals surface area contributed by atoms with E-state index in [1.165, 1.54) is 4.70 Å². The second-order valence-electron chi connectivity index (χ2n) is 5.29. The highest BCUT2D eigenvalue weighted by Gasteiger charge is 2.19. The van der Waals surface area contributed by atoms with E-state index in [-0.39, 0.29) is 5.78 Å². The van der Waals surface area contributed by atoms with E-state index in [2.05, 4.69) is 38.8 Å². The van der Waals surface area contributed by atoms with Crippen LogP contribution in [0, 0.1) is 0 Å². The van der Waals surface area contributed by atoms with E-state index in [0.29, 0.717) is 6.54 Å². The quantitative estimate of drug-likeness (QED) is 0.793. The zero-order valence-corrected chi connectivity index (χ0v) is 13.8. The van der Waals surface area contributed by atoms with Crippen LogP contribution in [0.1, 0.15) is 10.4 Å². The number of carbonyl (C=O) groups is 1. The molecule has 2 aromatic rings. The van der Waals surface area contributed by atoms with E-state index < -0.39 is 0 Å². The third kappa shape index (κ3) is 2.96. The SMILES string of the molecule is CN1CCN(CC(=O)c2csc3ccc(Br)cc23)CC1. The maximum absolute atomic E-state index is 12.5. The van der Waals surface area contributed by atoms with Crippen molar-refractivity contribution < 1.29 is 4.79 Å². The number of carbonyl (C=O) groups excluding carboxylic acids is 1. The topological polar surface area (TPSA) is 23.6 Å². The lowest BCUT2D eigenvalue weighted by Crippen LogP contribution is -2.46. The van der Waals surface area contributed by atoms with Crippen molar-refractivity contribution in [2.75, 3.05) is 39.8 Å². The molecule has 5 heteroatoms. The highest BCUT2D eigenvalue weighted by Crippen LogP contribution is 2.29. The molecule has 2 heterocycles. The van der Waals surface area contributed by atoms with Gasteiger partial charge in [-0.1, -0.05) is 15.9 Å². The Hall–Kier alpha value is -0.750. The number of rotatable bonds is 3. The van der Waals surface area contributed by atoms with E-state index in [1.54, 1.807) is 11.3 Å². The number of fused-ring (bicyclic) bond motifs is 1. The average molecular weight is 353 g/mol. The largest absolute Gasteiger partial charge is 0.304 e. The van der Waals surface area contributed by atoms with Gasteiger partial charge in [0.05, 0.1) is 6.54 Å². The van der Waals surface area contributed by atoms with Crippen LogP contribution in [0.25, 0.3) is 10.1 Å². The molecule has 0 radical (unpaired) electrons. The molecule has 0 spiro atoms. The first-order chi connectivity index (χ1) is 9.63. The molecule has 1 aliphatic heterocycles. The Balaban J connectivity index is 1.77. The second-order valence-corrected chi connectivity index (χ2v) is 7.12. The van der Waals surface area contributed by atoms with E-state index in [0.717, 1.165) is 41.6 Å². The Bertz CT molecular complexity index is 632. The lowest BCUT2D eigenvalue weighted by Gasteiger charge is -2.31. The van der Waals surface area contributed by atoms with Crippen molar-refractivity contribution in [1.82, 2.24) is 9.80 Å². The molecular formula is C15H17BrN2OS. The molecule has 3 rings (SSSR count). The maximum Gasteiger partial charge on any atom is 0.178 e. The zero-order chi connectivity index (χ0) is 14.1. The summed E-state index contributed by atoms with van der Waals surface area (Å²) < 4.78 is 2.20. The van der Waals surface area contributed by atoms with Crippen LogP contribution in [0.5, 0.6) is 0 Å². The number of Topliss-reactive ketones (excluding diaryl/α,β-unsaturated/α-hetero) is 1. The van der Waals surface area contributed by atoms with Gasteiger partial charge in [-0.3, -0.25) is 9.69 Å². The molecule has 20 heavy (non-hydrogen) atoms. The molecular weight excluding hydrogens is 336 g/mol. The third-order valence-corrected chi connectivity index (χ3v) is 5.26. The fourth-order valence-electron chi connectivity index (χ4n) is 2.51. The van der Waals surface area contributed by atoms with Crippen molar-refractivity contribution in [1.29, 1.82) is 0 Å². The van der Waals surface area contributed by atoms with Gasteiger partial charge >= 0.3 is 0 Å². The van der Waals surface area contributed by atoms with E-state index in [4.69, 9.17) is 0 Å². The second kappa shape index (κ2) is 5.93. The normalized spacial score (nSPS) is 17.7. The lowest BCUT2D eigenvalue weighted by molar-refractivity contribution is 0.0878. The molecule has 0 unspecified atom stereocenters. The monoisotopic (exact) mass is 352 g/mol. The van der Waals surface area contributed by atoms with Crippen LogP contribution in [-0.2, 0) is 0 Å². The highest BCUT2D eigenvalue weighted by molar-refractivity contribution is 9.10. The Labute approximate surface area is 131 Å². The number of nitrogens with zero attached hydrogens (tertiary/aromatic N) is 2. The summed E-state index contributed by atoms with van der Waals surface area (Å²) in [5, 5.41) is 3.07. The predicted molar refractivity (Wildman–Crippen MR) is 87.8 cm³/mol. The van der Waals surface area contributed by atoms with Crippen molar-refractivity contribution in [3.8, 4) is 0 Å². The van der Waals surface area contributed by atoms with Crippen molar-refractivity contribution in [2.45, 2.75) is 0 Å². The number of piperazine rings is 1. The summed E-state index contributed by atoms with van der Waals surface area (Å²) in [6.07, 6.45) is 0. The standard InChI is InChI=1S/C15H17BrN2OS/c1-17-4-6-18(7-5-17)9-14(19)13-10-20-15-3-2-11(16)8-12(13)15/h2-3,8,10H,4-7,9H2,1H3. The summed E-state index contributed by atoms with van der Waals surface area (Å²) in [6.45, 7) is 4.58. The van der Waals surface area contributed by atoms with E-state index in [9.17, 15) is 4.79 Å². The van der Waals surface area contributed by atoms with Crippen LogP contribution in [-0.4, -0.2) is 55.4 Å². The van der Waals surface area contributed by atoms with Crippen molar-refractivity contribution in [3.63, 3.8) is 0 Å². The summed E-state index contributed by atoms with van der Waals surface area (Å²) in [5.41, 5.74) is 0.866. The number of ketones is 1. The molecule has 1 aliphatic rings. The van der Waals surface area contributed by atoms with Crippen LogP contribution >= 0.6 is 27.3 Å². The first-order valence-electron chi connectivity index (χ1n) is 6.74. The number of benzene rings is 1. The molecule has 0 N–H and O–H groups in total. The molecule has 0 saturated carbocycles. The summed E-state index contributed by atoms with van der Waals surface area (Å²) in [6, 6.07) is 6.13. The van der Waals surface area contributed by atoms with Crippen molar-refractivity contribution in [3.05, 3.63) is 33.6 Å². The molecule has 1 saturated heterocycles. The molecule has 0 atom stereocenters. The Morgan fingerprint density at radius 2 is 2.05 bits per heavy atom. The van der Waals surface area contributed by atoms with Gasteiger partial charge in [-0.05, 0) is 25.2 Å². The van der Waals surface area contributed by atoms with Crippen LogP contribution in [0.4, 0.5) is 0 Å². The average Bonchev–Trinajstić information content (AvgIpc) is 2.84. The fourth-order valence-corrected chi connectivity index (χ4v) is 3.82. The Morgan fingerprint density at radius 3 is 2.80 bits per heavy atom. The van der Waals surface area contributed by atoms with Gasteiger partial charge in [-0.15, -0.1) is 11.3 Å². The van der Waals surface area contributed by atoms with Crippen LogP contribution in [0.15, 0.2) is 28.1 Å². The van der Waals surface area contributed by atoms with Gasteiger partial charge in [-0.25, -0.2) is 0 Å². The minimum absolute atomic E-state index is 0.235. The summed E-state index contributed by atoms with van der Waals surface area (Å²) in [5.74, 6) is 0.235. The molecule has 1 aromatic heterocycles. The van der Waals surface area contributed by atoms with Gasteiger partial charge < -0.3 is 4.90 Å². The molecule has 106 valence electrons. The smallest absolute Gasteiger partial charge is 0.178 e. The molecule has 0 bridgehead atoms. The fraction of sp³-hybridized carbons (Fsp3) is 0.400. The van der Waals surface area contributed by atoms with Crippen LogP contribution in [0.3, 0.4) is 0 Å². The number of hydrogen-bond acceptors (Lipinski definition) is 4. The highest BCUT2D eigenvalue weighted by atomic mass is 79.9. The van der Waals surface area contributed by atoms with Gasteiger partial charge in [0.2, 0.25) is 0 Å². The summed E-state index contributed by atoms with van der Waals surface area (Å²) in [7, 11) is 2.13. The Morgan fingerprint density at radius 1 is 1.30 bits per heavy atom.